The zero-order valence-electron chi connectivity index (χ0n) is 20.3. The van der Waals surface area contributed by atoms with E-state index in [0.717, 1.165) is 27.0 Å². The second kappa shape index (κ2) is 10.1. The Labute approximate surface area is 215 Å². The van der Waals surface area contributed by atoms with Crippen LogP contribution >= 0.6 is 11.3 Å². The molecule has 2 aromatic heterocycles. The number of carbonyl (C=O) groups is 1. The maximum Gasteiger partial charge on any atom is 0.243 e. The molecule has 1 saturated heterocycles. The maximum absolute atomic E-state index is 14.0. The molecule has 0 bridgehead atoms. The molecule has 186 valence electrons. The fraction of sp³-hybridized carbons (Fsp3) is 0.296. The Morgan fingerprint density at radius 2 is 1.89 bits per heavy atom. The van der Waals surface area contributed by atoms with Gasteiger partial charge in [0, 0.05) is 19.3 Å². The van der Waals surface area contributed by atoms with Crippen LogP contribution in [0.4, 0.5) is 5.13 Å². The van der Waals surface area contributed by atoms with Gasteiger partial charge in [-0.3, -0.25) is 14.7 Å². The van der Waals surface area contributed by atoms with Crippen LogP contribution in [0.5, 0.6) is 0 Å². The van der Waals surface area contributed by atoms with Gasteiger partial charge in [0.25, 0.3) is 0 Å². The van der Waals surface area contributed by atoms with E-state index >= 15 is 0 Å². The van der Waals surface area contributed by atoms with Gasteiger partial charge in [-0.05, 0) is 62.6 Å². The summed E-state index contributed by atoms with van der Waals surface area (Å²) in [4.78, 5) is 25.1. The fourth-order valence-electron chi connectivity index (χ4n) is 4.53. The van der Waals surface area contributed by atoms with Crippen molar-refractivity contribution in [2.45, 2.75) is 38.1 Å². The van der Waals surface area contributed by atoms with Gasteiger partial charge < -0.3 is 0 Å². The van der Waals surface area contributed by atoms with Crippen molar-refractivity contribution in [1.82, 2.24) is 14.3 Å². The molecule has 1 fully saturated rings. The summed E-state index contributed by atoms with van der Waals surface area (Å²) in [5.41, 5.74) is 3.68. The normalized spacial score (nSPS) is 16.8. The van der Waals surface area contributed by atoms with Gasteiger partial charge in [0.15, 0.2) is 5.13 Å². The Kier molecular flexibility index (Phi) is 6.87. The first-order valence-corrected chi connectivity index (χ1v) is 14.2. The van der Waals surface area contributed by atoms with Crippen molar-refractivity contribution in [3.8, 4) is 0 Å². The summed E-state index contributed by atoms with van der Waals surface area (Å²) < 4.78 is 29.1. The molecule has 9 heteroatoms. The predicted octanol–water partition coefficient (Wildman–Crippen LogP) is 4.94. The minimum Gasteiger partial charge on any atom is -0.282 e. The molecule has 5 rings (SSSR count). The number of anilines is 1. The highest BCUT2D eigenvalue weighted by Gasteiger charge is 2.36. The van der Waals surface area contributed by atoms with Crippen LogP contribution in [-0.2, 0) is 21.4 Å². The highest BCUT2D eigenvalue weighted by molar-refractivity contribution is 7.89. The van der Waals surface area contributed by atoms with Gasteiger partial charge in [-0.25, -0.2) is 13.4 Å². The van der Waals surface area contributed by atoms with Crippen molar-refractivity contribution in [2.24, 2.45) is 5.92 Å². The topological polar surface area (TPSA) is 83.5 Å². The monoisotopic (exact) mass is 520 g/mol. The molecule has 0 radical (unpaired) electrons. The summed E-state index contributed by atoms with van der Waals surface area (Å²) in [5, 5.41) is 0.605. The zero-order chi connectivity index (χ0) is 25.3. The number of para-hydroxylation sites is 1. The lowest BCUT2D eigenvalue weighted by Crippen LogP contribution is -2.46. The molecule has 36 heavy (non-hydrogen) atoms. The Morgan fingerprint density at radius 3 is 2.61 bits per heavy atom. The van der Waals surface area contributed by atoms with Crippen LogP contribution < -0.4 is 4.90 Å². The van der Waals surface area contributed by atoms with Crippen LogP contribution in [0.3, 0.4) is 0 Å². The fourth-order valence-corrected chi connectivity index (χ4v) is 7.10. The highest BCUT2D eigenvalue weighted by Crippen LogP contribution is 2.34. The smallest absolute Gasteiger partial charge is 0.243 e. The molecular weight excluding hydrogens is 492 g/mol. The van der Waals surface area contributed by atoms with Crippen molar-refractivity contribution in [3.05, 3.63) is 83.7 Å². The summed E-state index contributed by atoms with van der Waals surface area (Å²) >= 11 is 1.47. The molecule has 1 amide bonds. The van der Waals surface area contributed by atoms with Crippen LogP contribution in [0.2, 0.25) is 0 Å². The van der Waals surface area contributed by atoms with Crippen molar-refractivity contribution in [2.75, 3.05) is 18.0 Å². The molecule has 0 N–H and O–H groups in total. The average Bonchev–Trinajstić information content (AvgIpc) is 3.33. The highest BCUT2D eigenvalue weighted by atomic mass is 32.2. The number of aromatic nitrogens is 2. The van der Waals surface area contributed by atoms with Gasteiger partial charge in [0.1, 0.15) is 0 Å². The van der Waals surface area contributed by atoms with Crippen molar-refractivity contribution in [3.63, 3.8) is 0 Å². The SMILES string of the molecule is Cc1ccc(S(=O)(=O)N2CCCC(C(=O)N(Cc3ccccn3)c3nc4c(C)cccc4s3)C2)cc1. The lowest BCUT2D eigenvalue weighted by molar-refractivity contribution is -0.123. The summed E-state index contributed by atoms with van der Waals surface area (Å²) in [5.74, 6) is -0.586. The number of sulfonamides is 1. The van der Waals surface area contributed by atoms with Crippen LogP contribution in [0.25, 0.3) is 10.2 Å². The molecule has 7 nitrogen and oxygen atoms in total. The molecule has 2 aromatic carbocycles. The number of nitrogens with zero attached hydrogens (tertiary/aromatic N) is 4. The van der Waals surface area contributed by atoms with E-state index < -0.39 is 15.9 Å². The number of piperidine rings is 1. The number of carbonyl (C=O) groups excluding carboxylic acids is 1. The number of fused-ring (bicyclic) bond motifs is 1. The number of pyridine rings is 1. The molecule has 1 unspecified atom stereocenters. The van der Waals surface area contributed by atoms with Gasteiger partial charge in [-0.15, -0.1) is 0 Å². The Bertz CT molecular complexity index is 1480. The van der Waals surface area contributed by atoms with E-state index in [0.29, 0.717) is 24.5 Å². The summed E-state index contributed by atoms with van der Waals surface area (Å²) in [6.07, 6.45) is 2.95. The number of hydrogen-bond donors (Lipinski definition) is 0. The number of benzene rings is 2. The number of rotatable bonds is 6. The average molecular weight is 521 g/mol. The molecule has 4 aromatic rings. The van der Waals surface area contributed by atoms with E-state index in [1.165, 1.54) is 15.6 Å². The first-order chi connectivity index (χ1) is 17.3. The third kappa shape index (κ3) is 4.91. The van der Waals surface area contributed by atoms with Gasteiger partial charge in [-0.2, -0.15) is 4.31 Å². The van der Waals surface area contributed by atoms with Crippen LogP contribution in [0.15, 0.2) is 71.8 Å². The van der Waals surface area contributed by atoms with Crippen molar-refractivity contribution in [1.29, 1.82) is 0 Å². The molecule has 1 aliphatic rings. The minimum atomic E-state index is -3.68. The number of hydrogen-bond acceptors (Lipinski definition) is 6. The summed E-state index contributed by atoms with van der Waals surface area (Å²) in [6, 6.07) is 18.5. The van der Waals surface area contributed by atoms with Gasteiger partial charge in [-0.1, -0.05) is 47.2 Å². The molecule has 3 heterocycles. The van der Waals surface area contributed by atoms with Crippen molar-refractivity contribution < 1.29 is 13.2 Å². The van der Waals surface area contributed by atoms with E-state index in [1.807, 2.05) is 50.2 Å². The quantitative estimate of drug-likeness (QED) is 0.360. The van der Waals surface area contributed by atoms with Crippen LogP contribution in [0, 0.1) is 19.8 Å². The zero-order valence-corrected chi connectivity index (χ0v) is 21.9. The molecule has 0 spiro atoms. The van der Waals surface area contributed by atoms with Gasteiger partial charge in [0.2, 0.25) is 15.9 Å². The van der Waals surface area contributed by atoms with Gasteiger partial charge >= 0.3 is 0 Å². The van der Waals surface area contributed by atoms with Gasteiger partial charge in [0.05, 0.1) is 33.3 Å². The second-order valence-electron chi connectivity index (χ2n) is 9.18. The largest absolute Gasteiger partial charge is 0.282 e. The van der Waals surface area contributed by atoms with E-state index in [-0.39, 0.29) is 23.9 Å². The lowest BCUT2D eigenvalue weighted by Gasteiger charge is -2.33. The summed E-state index contributed by atoms with van der Waals surface area (Å²) in [7, 11) is -3.68. The van der Waals surface area contributed by atoms with E-state index in [1.54, 1.807) is 35.4 Å². The van der Waals surface area contributed by atoms with Crippen LogP contribution in [-0.4, -0.2) is 41.7 Å². The third-order valence-corrected chi connectivity index (χ3v) is 9.47. The Balaban J connectivity index is 1.45. The number of thiazole rings is 1. The molecular formula is C27H28N4O3S2. The second-order valence-corrected chi connectivity index (χ2v) is 12.1. The summed E-state index contributed by atoms with van der Waals surface area (Å²) in [6.45, 7) is 4.76. The van der Waals surface area contributed by atoms with E-state index in [9.17, 15) is 13.2 Å². The number of aryl methyl sites for hydroxylation is 2. The Hall–Kier alpha value is -3.14. The molecule has 0 aliphatic carbocycles. The molecule has 0 saturated carbocycles. The maximum atomic E-state index is 14.0. The van der Waals surface area contributed by atoms with Crippen molar-refractivity contribution >= 4 is 42.6 Å². The lowest BCUT2D eigenvalue weighted by atomic mass is 9.98. The molecule has 1 aliphatic heterocycles. The standard InChI is InChI=1S/C27H28N4O3S2/c1-19-11-13-23(14-12-19)36(33,34)30-16-6-8-21(17-30)26(32)31(18-22-9-3-4-15-28-22)27-29-25-20(2)7-5-10-24(25)35-27/h3-5,7,9-15,21H,6,8,16-18H2,1-2H3. The number of amides is 1. The van der Waals surface area contributed by atoms with E-state index in [2.05, 4.69) is 4.98 Å². The Morgan fingerprint density at radius 1 is 1.08 bits per heavy atom. The van der Waals surface area contributed by atoms with E-state index in [4.69, 9.17) is 4.98 Å². The first kappa shape index (κ1) is 24.5. The first-order valence-electron chi connectivity index (χ1n) is 12.0. The minimum absolute atomic E-state index is 0.124. The molecule has 1 atom stereocenters. The van der Waals surface area contributed by atoms with Crippen LogP contribution in [0.1, 0.15) is 29.7 Å². The third-order valence-electron chi connectivity index (χ3n) is 6.54. The predicted molar refractivity (Wildman–Crippen MR) is 142 cm³/mol.